The van der Waals surface area contributed by atoms with Gasteiger partial charge in [0.25, 0.3) is 0 Å². The van der Waals surface area contributed by atoms with Gasteiger partial charge in [0.15, 0.2) is 0 Å². The van der Waals surface area contributed by atoms with Crippen LogP contribution in [0.3, 0.4) is 0 Å². The van der Waals surface area contributed by atoms with Crippen molar-refractivity contribution in [2.45, 2.75) is 6.54 Å². The molecular formula is C14H12Cl2N2O. The van der Waals surface area contributed by atoms with E-state index in [2.05, 4.69) is 5.32 Å². The minimum absolute atomic E-state index is 0.297. The van der Waals surface area contributed by atoms with Gasteiger partial charge < -0.3 is 11.1 Å². The topological polar surface area (TPSA) is 55.1 Å². The van der Waals surface area contributed by atoms with E-state index in [9.17, 15) is 4.79 Å². The molecule has 0 saturated heterocycles. The molecule has 0 aliphatic carbocycles. The zero-order valence-corrected chi connectivity index (χ0v) is 11.5. The van der Waals surface area contributed by atoms with Crippen molar-refractivity contribution in [3.8, 4) is 0 Å². The fourth-order valence-corrected chi connectivity index (χ4v) is 2.08. The van der Waals surface area contributed by atoms with Crippen molar-refractivity contribution in [3.63, 3.8) is 0 Å². The van der Waals surface area contributed by atoms with E-state index < -0.39 is 5.91 Å². The van der Waals surface area contributed by atoms with E-state index in [1.165, 1.54) is 0 Å². The van der Waals surface area contributed by atoms with E-state index >= 15 is 0 Å². The van der Waals surface area contributed by atoms with Gasteiger partial charge in [0, 0.05) is 17.3 Å². The van der Waals surface area contributed by atoms with E-state index in [-0.39, 0.29) is 0 Å². The van der Waals surface area contributed by atoms with Crippen LogP contribution in [0.15, 0.2) is 42.5 Å². The first-order valence-corrected chi connectivity index (χ1v) is 6.40. The maximum absolute atomic E-state index is 11.2. The zero-order valence-electron chi connectivity index (χ0n) is 9.99. The summed E-state index contributed by atoms with van der Waals surface area (Å²) in [6, 6.07) is 12.6. The smallest absolute Gasteiger partial charge is 0.250 e. The summed E-state index contributed by atoms with van der Waals surface area (Å²) in [6.45, 7) is 0.555. The van der Waals surface area contributed by atoms with Crippen molar-refractivity contribution in [3.05, 3.63) is 63.6 Å². The monoisotopic (exact) mass is 294 g/mol. The standard InChI is InChI=1S/C14H12Cl2N2O/c15-12-4-2-1-3-9(12)8-18-10-5-6-13(16)11(7-10)14(17)19/h1-7,18H,8H2,(H2,17,19). The quantitative estimate of drug-likeness (QED) is 0.903. The first kappa shape index (κ1) is 13.7. The van der Waals surface area contributed by atoms with Crippen molar-refractivity contribution in [2.75, 3.05) is 5.32 Å². The fraction of sp³-hybridized carbons (Fsp3) is 0.0714. The highest BCUT2D eigenvalue weighted by atomic mass is 35.5. The van der Waals surface area contributed by atoms with Crippen molar-refractivity contribution in [1.82, 2.24) is 0 Å². The average molecular weight is 295 g/mol. The number of hydrogen-bond donors (Lipinski definition) is 2. The highest BCUT2D eigenvalue weighted by Gasteiger charge is 2.07. The molecule has 19 heavy (non-hydrogen) atoms. The molecule has 3 N–H and O–H groups in total. The van der Waals surface area contributed by atoms with E-state index in [4.69, 9.17) is 28.9 Å². The molecule has 0 fully saturated rings. The molecule has 0 aliphatic heterocycles. The lowest BCUT2D eigenvalue weighted by atomic mass is 10.1. The Labute approximate surface area is 121 Å². The van der Waals surface area contributed by atoms with Gasteiger partial charge in [-0.25, -0.2) is 0 Å². The molecule has 0 aromatic heterocycles. The number of halogens is 2. The summed E-state index contributed by atoms with van der Waals surface area (Å²) in [5.41, 5.74) is 7.27. The van der Waals surface area contributed by atoms with E-state index in [1.807, 2.05) is 24.3 Å². The van der Waals surface area contributed by atoms with Crippen molar-refractivity contribution >= 4 is 34.8 Å². The summed E-state index contributed by atoms with van der Waals surface area (Å²) >= 11 is 11.9. The van der Waals surface area contributed by atoms with Gasteiger partial charge in [-0.15, -0.1) is 0 Å². The van der Waals surface area contributed by atoms with Gasteiger partial charge in [0.05, 0.1) is 10.6 Å². The summed E-state index contributed by atoms with van der Waals surface area (Å²) in [4.78, 5) is 11.2. The minimum atomic E-state index is -0.550. The molecule has 2 aromatic carbocycles. The molecule has 0 bridgehead atoms. The van der Waals surface area contributed by atoms with Crippen LogP contribution in [0.4, 0.5) is 5.69 Å². The highest BCUT2D eigenvalue weighted by molar-refractivity contribution is 6.34. The van der Waals surface area contributed by atoms with Gasteiger partial charge in [-0.05, 0) is 29.8 Å². The number of anilines is 1. The summed E-state index contributed by atoms with van der Waals surface area (Å²) in [5, 5.41) is 4.21. The molecule has 5 heteroatoms. The summed E-state index contributed by atoms with van der Waals surface area (Å²) in [6.07, 6.45) is 0. The molecule has 2 aromatic rings. The number of benzene rings is 2. The third-order valence-corrected chi connectivity index (χ3v) is 3.37. The molecule has 0 radical (unpaired) electrons. The Kier molecular flexibility index (Phi) is 4.30. The first-order chi connectivity index (χ1) is 9.08. The van der Waals surface area contributed by atoms with Gasteiger partial charge in [-0.2, -0.15) is 0 Å². The second kappa shape index (κ2) is 5.95. The Balaban J connectivity index is 2.14. The van der Waals surface area contributed by atoms with Gasteiger partial charge in [-0.1, -0.05) is 41.4 Å². The molecule has 0 atom stereocenters. The molecule has 1 amide bonds. The summed E-state index contributed by atoms with van der Waals surface area (Å²) in [5.74, 6) is -0.550. The van der Waals surface area contributed by atoms with Gasteiger partial charge in [0.1, 0.15) is 0 Å². The zero-order chi connectivity index (χ0) is 13.8. The normalized spacial score (nSPS) is 10.2. The predicted octanol–water partition coefficient (Wildman–Crippen LogP) is 3.70. The number of rotatable bonds is 4. The largest absolute Gasteiger partial charge is 0.381 e. The lowest BCUT2D eigenvalue weighted by molar-refractivity contribution is 0.100. The van der Waals surface area contributed by atoms with E-state index in [0.29, 0.717) is 22.2 Å². The predicted molar refractivity (Wildman–Crippen MR) is 78.7 cm³/mol. The maximum atomic E-state index is 11.2. The molecule has 0 spiro atoms. The number of hydrogen-bond acceptors (Lipinski definition) is 2. The lowest BCUT2D eigenvalue weighted by Crippen LogP contribution is -2.12. The van der Waals surface area contributed by atoms with Crippen molar-refractivity contribution in [1.29, 1.82) is 0 Å². The number of nitrogens with one attached hydrogen (secondary N) is 1. The Bertz CT molecular complexity index is 614. The SMILES string of the molecule is NC(=O)c1cc(NCc2ccccc2Cl)ccc1Cl. The van der Waals surface area contributed by atoms with Gasteiger partial charge in [0.2, 0.25) is 5.91 Å². The number of carbonyl (C=O) groups excluding carboxylic acids is 1. The second-order valence-corrected chi connectivity index (χ2v) is 4.82. The third-order valence-electron chi connectivity index (χ3n) is 2.67. The van der Waals surface area contributed by atoms with Crippen molar-refractivity contribution < 1.29 is 4.79 Å². The van der Waals surface area contributed by atoms with Crippen LogP contribution < -0.4 is 11.1 Å². The fourth-order valence-electron chi connectivity index (χ4n) is 1.66. The Morgan fingerprint density at radius 1 is 1.11 bits per heavy atom. The molecule has 0 aliphatic rings. The van der Waals surface area contributed by atoms with Gasteiger partial charge in [-0.3, -0.25) is 4.79 Å². The number of primary amides is 1. The average Bonchev–Trinajstić information content (AvgIpc) is 2.39. The Morgan fingerprint density at radius 3 is 2.53 bits per heavy atom. The van der Waals surface area contributed by atoms with Gasteiger partial charge >= 0.3 is 0 Å². The highest BCUT2D eigenvalue weighted by Crippen LogP contribution is 2.22. The van der Waals surface area contributed by atoms with E-state index in [1.54, 1.807) is 18.2 Å². The van der Waals surface area contributed by atoms with Crippen LogP contribution in [0, 0.1) is 0 Å². The Hall–Kier alpha value is -1.71. The van der Waals surface area contributed by atoms with Crippen LogP contribution in [-0.2, 0) is 6.54 Å². The van der Waals surface area contributed by atoms with Crippen LogP contribution in [0.2, 0.25) is 10.0 Å². The Morgan fingerprint density at radius 2 is 1.84 bits per heavy atom. The summed E-state index contributed by atoms with van der Waals surface area (Å²) in [7, 11) is 0. The maximum Gasteiger partial charge on any atom is 0.250 e. The molecule has 0 heterocycles. The van der Waals surface area contributed by atoms with Crippen LogP contribution >= 0.6 is 23.2 Å². The van der Waals surface area contributed by atoms with E-state index in [0.717, 1.165) is 11.3 Å². The number of amides is 1. The molecule has 2 rings (SSSR count). The minimum Gasteiger partial charge on any atom is -0.381 e. The van der Waals surface area contributed by atoms with Crippen LogP contribution in [0.5, 0.6) is 0 Å². The third kappa shape index (κ3) is 3.40. The molecule has 3 nitrogen and oxygen atoms in total. The number of carbonyl (C=O) groups is 1. The molecule has 0 saturated carbocycles. The molecular weight excluding hydrogens is 283 g/mol. The molecule has 0 unspecified atom stereocenters. The van der Waals surface area contributed by atoms with Crippen molar-refractivity contribution in [2.24, 2.45) is 5.73 Å². The molecule has 98 valence electrons. The first-order valence-electron chi connectivity index (χ1n) is 5.64. The summed E-state index contributed by atoms with van der Waals surface area (Å²) < 4.78 is 0. The van der Waals surface area contributed by atoms with Crippen LogP contribution in [0.25, 0.3) is 0 Å². The van der Waals surface area contributed by atoms with Crippen LogP contribution in [-0.4, -0.2) is 5.91 Å². The number of nitrogens with two attached hydrogens (primary N) is 1. The second-order valence-electron chi connectivity index (χ2n) is 4.00. The van der Waals surface area contributed by atoms with Crippen LogP contribution in [0.1, 0.15) is 15.9 Å². The lowest BCUT2D eigenvalue weighted by Gasteiger charge is -2.09.